The number of nitrogens with two attached hydrogens (primary N) is 1. The molecule has 2 N–H and O–H groups in total. The van der Waals surface area contributed by atoms with Crippen LogP contribution in [-0.2, 0) is 30.4 Å². The van der Waals surface area contributed by atoms with Gasteiger partial charge in [-0.2, -0.15) is 0 Å². The van der Waals surface area contributed by atoms with Crippen LogP contribution in [0.25, 0.3) is 0 Å². The fourth-order valence-electron chi connectivity index (χ4n) is 3.00. The molecule has 1 saturated carbocycles. The molecule has 0 saturated heterocycles. The Hall–Kier alpha value is -2.06. The number of ether oxygens (including phenoxy) is 3. The van der Waals surface area contributed by atoms with Gasteiger partial charge >= 0.3 is 17.2 Å². The smallest absolute Gasteiger partial charge is 0.370 e. The van der Waals surface area contributed by atoms with Crippen molar-refractivity contribution in [3.63, 3.8) is 0 Å². The van der Waals surface area contributed by atoms with Crippen LogP contribution in [0.2, 0.25) is 0 Å². The highest BCUT2D eigenvalue weighted by Gasteiger charge is 2.37. The van der Waals surface area contributed by atoms with E-state index in [0.29, 0.717) is 0 Å². The van der Waals surface area contributed by atoms with E-state index in [1.54, 1.807) is 13.8 Å². The molecule has 160 valence electrons. The summed E-state index contributed by atoms with van der Waals surface area (Å²) in [5.41, 5.74) is 6.84. The normalized spacial score (nSPS) is 16.0. The third kappa shape index (κ3) is 7.70. The second kappa shape index (κ2) is 11.2. The number of benzene rings is 1. The van der Waals surface area contributed by atoms with Crippen LogP contribution in [0, 0.1) is 5.92 Å². The molecular formula is C21H29NO6S. The first-order valence-corrected chi connectivity index (χ1v) is 10.6. The minimum atomic E-state index is -1.03. The Morgan fingerprint density at radius 2 is 1.72 bits per heavy atom. The van der Waals surface area contributed by atoms with Crippen LogP contribution in [0.1, 0.15) is 51.5 Å². The minimum absolute atomic E-state index is 0.107. The van der Waals surface area contributed by atoms with Crippen LogP contribution >= 0.6 is 11.8 Å². The number of thioether (sulfide) groups is 1. The summed E-state index contributed by atoms with van der Waals surface area (Å²) in [6, 6.07) is 8.21. The first-order valence-electron chi connectivity index (χ1n) is 9.78. The molecule has 1 aliphatic carbocycles. The molecule has 0 amide bonds. The zero-order valence-electron chi connectivity index (χ0n) is 16.9. The Balaban J connectivity index is 1.72. The molecule has 0 spiro atoms. The lowest BCUT2D eigenvalue weighted by Gasteiger charge is -2.28. The average Bonchev–Trinajstić information content (AvgIpc) is 2.72. The molecule has 0 aliphatic heterocycles. The van der Waals surface area contributed by atoms with Crippen molar-refractivity contribution in [2.24, 2.45) is 11.7 Å². The van der Waals surface area contributed by atoms with E-state index >= 15 is 0 Å². The summed E-state index contributed by atoms with van der Waals surface area (Å²) in [7, 11) is 0. The standard InChI is InChI=1S/C21H29NO6S/c1-21(2,17(22)19(24)26-13-15-9-5-3-6-10-15)29-20(25)28-14-27-18(23)16-11-7-4-8-12-16/h3,5-6,9-10,16-17H,4,7-8,11-14,22H2,1-2H3/t17-/m0/s1. The van der Waals surface area contributed by atoms with Crippen LogP contribution in [-0.4, -0.2) is 34.8 Å². The first-order chi connectivity index (χ1) is 13.8. The number of carbonyl (C=O) groups excluding carboxylic acids is 3. The predicted molar refractivity (Wildman–Crippen MR) is 110 cm³/mol. The second-order valence-electron chi connectivity index (χ2n) is 7.59. The van der Waals surface area contributed by atoms with Crippen LogP contribution in [0.15, 0.2) is 30.3 Å². The lowest BCUT2D eigenvalue weighted by molar-refractivity contribution is -0.157. The van der Waals surface area contributed by atoms with Crippen molar-refractivity contribution in [1.29, 1.82) is 0 Å². The molecule has 8 heteroatoms. The van der Waals surface area contributed by atoms with Gasteiger partial charge in [0.15, 0.2) is 0 Å². The van der Waals surface area contributed by atoms with Crippen LogP contribution in [0.4, 0.5) is 4.79 Å². The van der Waals surface area contributed by atoms with E-state index in [2.05, 4.69) is 0 Å². The van der Waals surface area contributed by atoms with Gasteiger partial charge < -0.3 is 19.9 Å². The molecule has 0 bridgehead atoms. The van der Waals surface area contributed by atoms with Crippen molar-refractivity contribution in [3.8, 4) is 0 Å². The van der Waals surface area contributed by atoms with Gasteiger partial charge in [0, 0.05) is 4.75 Å². The summed E-state index contributed by atoms with van der Waals surface area (Å²) in [6.45, 7) is 2.98. The number of hydrogen-bond acceptors (Lipinski definition) is 8. The Labute approximate surface area is 175 Å². The van der Waals surface area contributed by atoms with Gasteiger partial charge in [-0.25, -0.2) is 4.79 Å². The zero-order valence-corrected chi connectivity index (χ0v) is 17.7. The lowest BCUT2D eigenvalue weighted by atomic mass is 9.89. The third-order valence-electron chi connectivity index (χ3n) is 4.89. The van der Waals surface area contributed by atoms with E-state index in [-0.39, 0.29) is 18.5 Å². The van der Waals surface area contributed by atoms with Crippen LogP contribution < -0.4 is 5.73 Å². The topological polar surface area (TPSA) is 105 Å². The molecule has 0 aromatic heterocycles. The van der Waals surface area contributed by atoms with E-state index in [1.807, 2.05) is 30.3 Å². The highest BCUT2D eigenvalue weighted by atomic mass is 32.2. The highest BCUT2D eigenvalue weighted by molar-refractivity contribution is 8.14. The van der Waals surface area contributed by atoms with Gasteiger partial charge in [-0.15, -0.1) is 0 Å². The molecule has 1 aliphatic rings. The number of carbonyl (C=O) groups is 3. The minimum Gasteiger partial charge on any atom is -0.460 e. The highest BCUT2D eigenvalue weighted by Crippen LogP contribution is 2.30. The average molecular weight is 424 g/mol. The molecular weight excluding hydrogens is 394 g/mol. The molecule has 1 aromatic carbocycles. The Bertz CT molecular complexity index is 688. The summed E-state index contributed by atoms with van der Waals surface area (Å²) in [4.78, 5) is 36.3. The second-order valence-corrected chi connectivity index (χ2v) is 9.18. The fourth-order valence-corrected chi connectivity index (χ4v) is 3.76. The van der Waals surface area contributed by atoms with Crippen molar-refractivity contribution in [2.45, 2.75) is 63.3 Å². The monoisotopic (exact) mass is 423 g/mol. The van der Waals surface area contributed by atoms with E-state index in [9.17, 15) is 14.4 Å². The Morgan fingerprint density at radius 1 is 1.07 bits per heavy atom. The molecule has 29 heavy (non-hydrogen) atoms. The molecule has 1 atom stereocenters. The maximum Gasteiger partial charge on any atom is 0.370 e. The maximum atomic E-state index is 12.2. The molecule has 0 radical (unpaired) electrons. The van der Waals surface area contributed by atoms with Gasteiger partial charge in [0.25, 0.3) is 0 Å². The lowest BCUT2D eigenvalue weighted by Crippen LogP contribution is -2.48. The number of esters is 2. The maximum absolute atomic E-state index is 12.2. The molecule has 1 aromatic rings. The summed E-state index contributed by atoms with van der Waals surface area (Å²) in [5, 5.41) is -0.669. The predicted octanol–water partition coefficient (Wildman–Crippen LogP) is 3.79. The third-order valence-corrected chi connectivity index (χ3v) is 5.95. The van der Waals surface area contributed by atoms with Gasteiger partial charge in [-0.1, -0.05) is 49.6 Å². The van der Waals surface area contributed by atoms with Gasteiger partial charge in [-0.3, -0.25) is 9.59 Å². The largest absolute Gasteiger partial charge is 0.460 e. The van der Waals surface area contributed by atoms with Gasteiger partial charge in [0.05, 0.1) is 5.92 Å². The summed E-state index contributed by atoms with van der Waals surface area (Å²) in [6.07, 6.45) is 4.80. The van der Waals surface area contributed by atoms with E-state index in [1.165, 1.54) is 0 Å². The van der Waals surface area contributed by atoms with Crippen molar-refractivity contribution < 1.29 is 28.6 Å². The zero-order chi connectivity index (χ0) is 21.3. The van der Waals surface area contributed by atoms with Crippen LogP contribution in [0.5, 0.6) is 0 Å². The van der Waals surface area contributed by atoms with Crippen molar-refractivity contribution in [1.82, 2.24) is 0 Å². The molecule has 1 fully saturated rings. The fraction of sp³-hybridized carbons (Fsp3) is 0.571. The van der Waals surface area contributed by atoms with E-state index < -0.39 is 28.9 Å². The van der Waals surface area contributed by atoms with Crippen molar-refractivity contribution in [2.75, 3.05) is 6.79 Å². The number of hydrogen-bond donors (Lipinski definition) is 1. The van der Waals surface area contributed by atoms with Gasteiger partial charge in [-0.05, 0) is 44.0 Å². The SMILES string of the molecule is CC(C)(SC(=O)OCOC(=O)C1CCCCC1)[C@@H](N)C(=O)OCc1ccccc1. The summed E-state index contributed by atoms with van der Waals surface area (Å²) in [5.74, 6) is -1.05. The Kier molecular flexibility index (Phi) is 8.98. The Morgan fingerprint density at radius 3 is 2.38 bits per heavy atom. The van der Waals surface area contributed by atoms with E-state index in [0.717, 1.165) is 49.4 Å². The quantitative estimate of drug-likeness (QED) is 0.497. The molecule has 0 heterocycles. The molecule has 0 unspecified atom stereocenters. The van der Waals surface area contributed by atoms with E-state index in [4.69, 9.17) is 19.9 Å². The van der Waals surface area contributed by atoms with Gasteiger partial charge in [0.1, 0.15) is 12.6 Å². The van der Waals surface area contributed by atoms with Crippen molar-refractivity contribution >= 4 is 29.0 Å². The summed E-state index contributed by atoms with van der Waals surface area (Å²) >= 11 is 0.769. The van der Waals surface area contributed by atoms with Crippen molar-refractivity contribution in [3.05, 3.63) is 35.9 Å². The molecule has 2 rings (SSSR count). The van der Waals surface area contributed by atoms with Gasteiger partial charge in [0.2, 0.25) is 6.79 Å². The number of rotatable bonds is 8. The van der Waals surface area contributed by atoms with Crippen LogP contribution in [0.3, 0.4) is 0 Å². The summed E-state index contributed by atoms with van der Waals surface area (Å²) < 4.78 is 14.3. The first kappa shape index (κ1) is 23.2. The molecule has 7 nitrogen and oxygen atoms in total.